The molecule has 10 aromatic rings. The summed E-state index contributed by atoms with van der Waals surface area (Å²) in [5, 5.41) is 6.76. The molecule has 0 aliphatic rings. The summed E-state index contributed by atoms with van der Waals surface area (Å²) >= 11 is 0. The summed E-state index contributed by atoms with van der Waals surface area (Å²) in [6.45, 7) is 0. The van der Waals surface area contributed by atoms with Crippen LogP contribution in [-0.2, 0) is 0 Å². The van der Waals surface area contributed by atoms with Crippen LogP contribution >= 0.6 is 0 Å². The summed E-state index contributed by atoms with van der Waals surface area (Å²) in [7, 11) is 0. The lowest BCUT2D eigenvalue weighted by Crippen LogP contribution is -1.91. The van der Waals surface area contributed by atoms with Crippen LogP contribution in [0.15, 0.2) is 173 Å². The van der Waals surface area contributed by atoms with Crippen LogP contribution in [0.3, 0.4) is 0 Å². The lowest BCUT2D eigenvalue weighted by molar-refractivity contribution is 0.664. The molecule has 10 rings (SSSR count). The van der Waals surface area contributed by atoms with Gasteiger partial charge in [-0.15, -0.1) is 0 Å². The summed E-state index contributed by atoms with van der Waals surface area (Å²) in [5.41, 5.74) is 11.8. The Bertz CT molecular complexity index is 2750. The maximum atomic E-state index is 6.67. The van der Waals surface area contributed by atoms with Crippen LogP contribution in [0.25, 0.3) is 99.4 Å². The Balaban J connectivity index is 1.17. The van der Waals surface area contributed by atoms with Crippen molar-refractivity contribution in [1.29, 1.82) is 0 Å². The average Bonchev–Trinajstić information content (AvgIpc) is 3.74. The SMILES string of the molecule is c1ccc(-c2cc(-c3ccccc3)nc(-c3ccc(-c4cc5oc6ccc7ccccc7c6c5c5c4oc4ccccc45)cc3)c2)cc1. The molecule has 0 saturated heterocycles. The van der Waals surface area contributed by atoms with E-state index in [1.54, 1.807) is 0 Å². The first-order chi connectivity index (χ1) is 23.8. The van der Waals surface area contributed by atoms with Gasteiger partial charge >= 0.3 is 0 Å². The Labute approximate surface area is 276 Å². The van der Waals surface area contributed by atoms with E-state index in [4.69, 9.17) is 13.8 Å². The molecule has 3 nitrogen and oxygen atoms in total. The number of hydrogen-bond donors (Lipinski definition) is 0. The number of nitrogens with zero attached hydrogens (tertiary/aromatic N) is 1. The zero-order chi connectivity index (χ0) is 31.6. The van der Waals surface area contributed by atoms with Crippen molar-refractivity contribution < 1.29 is 8.83 Å². The van der Waals surface area contributed by atoms with Gasteiger partial charge in [0.25, 0.3) is 0 Å². The molecule has 0 unspecified atom stereocenters. The topological polar surface area (TPSA) is 39.2 Å². The van der Waals surface area contributed by atoms with E-state index >= 15 is 0 Å². The molecule has 224 valence electrons. The predicted octanol–water partition coefficient (Wildman–Crippen LogP) is 12.7. The first-order valence-electron chi connectivity index (χ1n) is 16.2. The Hall–Kier alpha value is -6.45. The van der Waals surface area contributed by atoms with E-state index in [-0.39, 0.29) is 0 Å². The van der Waals surface area contributed by atoms with Crippen molar-refractivity contribution in [3.8, 4) is 44.8 Å². The molecular weight excluding hydrogens is 587 g/mol. The Morgan fingerprint density at radius 3 is 1.75 bits per heavy atom. The second-order valence-corrected chi connectivity index (χ2v) is 12.3. The maximum Gasteiger partial charge on any atom is 0.144 e. The van der Waals surface area contributed by atoms with Gasteiger partial charge in [-0.2, -0.15) is 0 Å². The number of para-hydroxylation sites is 1. The molecule has 0 atom stereocenters. The number of hydrogen-bond acceptors (Lipinski definition) is 3. The molecule has 0 aliphatic carbocycles. The van der Waals surface area contributed by atoms with Gasteiger partial charge in [0.05, 0.1) is 11.4 Å². The standard InChI is InChI=1S/C45H27NO2/c1-3-11-28(12-4-1)33-25-37(31-14-5-2-6-15-31)46-38(26-33)32-21-19-30(20-22-32)36-27-41-44(43-35-17-9-10-18-39(35)48-45(36)43)42-34-16-8-7-13-29(34)23-24-40(42)47-41/h1-27H. The van der Waals surface area contributed by atoms with Crippen LogP contribution in [0, 0.1) is 0 Å². The molecule has 7 aromatic carbocycles. The molecule has 3 heterocycles. The van der Waals surface area contributed by atoms with E-state index in [9.17, 15) is 0 Å². The van der Waals surface area contributed by atoms with Gasteiger partial charge in [0.1, 0.15) is 22.3 Å². The van der Waals surface area contributed by atoms with Crippen molar-refractivity contribution in [3.63, 3.8) is 0 Å². The number of aromatic nitrogens is 1. The van der Waals surface area contributed by atoms with Crippen molar-refractivity contribution in [3.05, 3.63) is 164 Å². The van der Waals surface area contributed by atoms with Crippen molar-refractivity contribution in [2.45, 2.75) is 0 Å². The lowest BCUT2D eigenvalue weighted by Gasteiger charge is -2.11. The van der Waals surface area contributed by atoms with E-state index in [2.05, 4.69) is 140 Å². The van der Waals surface area contributed by atoms with Crippen LogP contribution in [0.5, 0.6) is 0 Å². The highest BCUT2D eigenvalue weighted by Gasteiger charge is 2.22. The molecule has 0 saturated carbocycles. The predicted molar refractivity (Wildman–Crippen MR) is 198 cm³/mol. The highest BCUT2D eigenvalue weighted by atomic mass is 16.3. The van der Waals surface area contributed by atoms with E-state index in [0.29, 0.717) is 0 Å². The average molecular weight is 614 g/mol. The third-order valence-corrected chi connectivity index (χ3v) is 9.47. The van der Waals surface area contributed by atoms with Gasteiger partial charge in [0.15, 0.2) is 0 Å². The van der Waals surface area contributed by atoms with Crippen LogP contribution in [0.1, 0.15) is 0 Å². The van der Waals surface area contributed by atoms with Crippen molar-refractivity contribution >= 4 is 54.6 Å². The molecule has 3 aromatic heterocycles. The Morgan fingerprint density at radius 1 is 0.354 bits per heavy atom. The summed E-state index contributed by atoms with van der Waals surface area (Å²) < 4.78 is 13.3. The van der Waals surface area contributed by atoms with Crippen molar-refractivity contribution in [1.82, 2.24) is 4.98 Å². The minimum atomic E-state index is 0.851. The fourth-order valence-electron chi connectivity index (χ4n) is 7.18. The highest BCUT2D eigenvalue weighted by molar-refractivity contribution is 6.32. The Kier molecular flexibility index (Phi) is 5.87. The summed E-state index contributed by atoms with van der Waals surface area (Å²) in [5.74, 6) is 0. The third-order valence-electron chi connectivity index (χ3n) is 9.47. The molecule has 48 heavy (non-hydrogen) atoms. The quantitative estimate of drug-likeness (QED) is 0.198. The van der Waals surface area contributed by atoms with Crippen molar-refractivity contribution in [2.24, 2.45) is 0 Å². The van der Waals surface area contributed by atoms with E-state index in [0.717, 1.165) is 88.6 Å². The molecule has 3 heteroatoms. The summed E-state index contributed by atoms with van der Waals surface area (Å²) in [6.07, 6.45) is 0. The van der Waals surface area contributed by atoms with Crippen LogP contribution in [0.2, 0.25) is 0 Å². The minimum Gasteiger partial charge on any atom is -0.456 e. The molecule has 0 amide bonds. The molecule has 0 bridgehead atoms. The van der Waals surface area contributed by atoms with Gasteiger partial charge in [-0.1, -0.05) is 133 Å². The zero-order valence-corrected chi connectivity index (χ0v) is 25.9. The fraction of sp³-hybridized carbons (Fsp3) is 0. The first kappa shape index (κ1) is 26.7. The first-order valence-corrected chi connectivity index (χ1v) is 16.2. The largest absolute Gasteiger partial charge is 0.456 e. The second-order valence-electron chi connectivity index (χ2n) is 12.3. The van der Waals surface area contributed by atoms with Crippen LogP contribution in [0.4, 0.5) is 0 Å². The minimum absolute atomic E-state index is 0.851. The fourth-order valence-corrected chi connectivity index (χ4v) is 7.18. The molecule has 0 aliphatic heterocycles. The smallest absolute Gasteiger partial charge is 0.144 e. The van der Waals surface area contributed by atoms with E-state index in [1.165, 1.54) is 10.8 Å². The number of fused-ring (bicyclic) bond motifs is 9. The molecule has 0 radical (unpaired) electrons. The zero-order valence-electron chi connectivity index (χ0n) is 25.9. The van der Waals surface area contributed by atoms with Crippen LogP contribution in [-0.4, -0.2) is 4.98 Å². The maximum absolute atomic E-state index is 6.67. The normalized spacial score (nSPS) is 11.8. The number of benzene rings is 7. The van der Waals surface area contributed by atoms with Gasteiger partial charge in [-0.3, -0.25) is 0 Å². The Morgan fingerprint density at radius 2 is 0.979 bits per heavy atom. The number of furan rings is 2. The van der Waals surface area contributed by atoms with Gasteiger partial charge in [-0.25, -0.2) is 4.98 Å². The molecule has 0 fully saturated rings. The van der Waals surface area contributed by atoms with Gasteiger partial charge in [-0.05, 0) is 57.8 Å². The third kappa shape index (κ3) is 4.18. The molecule has 0 spiro atoms. The monoisotopic (exact) mass is 613 g/mol. The van der Waals surface area contributed by atoms with Gasteiger partial charge < -0.3 is 8.83 Å². The summed E-state index contributed by atoms with van der Waals surface area (Å²) in [4.78, 5) is 5.14. The van der Waals surface area contributed by atoms with Crippen molar-refractivity contribution in [2.75, 3.05) is 0 Å². The van der Waals surface area contributed by atoms with E-state index in [1.807, 2.05) is 24.3 Å². The molecule has 0 N–H and O–H groups in total. The van der Waals surface area contributed by atoms with E-state index < -0.39 is 0 Å². The number of rotatable bonds is 4. The second kappa shape index (κ2) is 10.5. The number of pyridine rings is 1. The lowest BCUT2D eigenvalue weighted by atomic mass is 9.95. The molecular formula is C45H27NO2. The van der Waals surface area contributed by atoms with Gasteiger partial charge in [0.2, 0.25) is 0 Å². The summed E-state index contributed by atoms with van der Waals surface area (Å²) in [6, 6.07) is 57.0. The van der Waals surface area contributed by atoms with Gasteiger partial charge in [0, 0.05) is 38.2 Å². The highest BCUT2D eigenvalue weighted by Crippen LogP contribution is 2.46. The van der Waals surface area contributed by atoms with Crippen LogP contribution < -0.4 is 0 Å².